The average molecular weight is 223 g/mol. The van der Waals surface area contributed by atoms with E-state index in [1.807, 2.05) is 13.0 Å². The summed E-state index contributed by atoms with van der Waals surface area (Å²) in [7, 11) is 0. The molecule has 82 valence electrons. The summed E-state index contributed by atoms with van der Waals surface area (Å²) in [5.41, 5.74) is 8.64. The number of carbonyl (C=O) groups is 1. The van der Waals surface area contributed by atoms with Crippen LogP contribution in [0.5, 0.6) is 0 Å². The Morgan fingerprint density at radius 2 is 2.40 bits per heavy atom. The van der Waals surface area contributed by atoms with Gasteiger partial charge in [0, 0.05) is 11.7 Å². The van der Waals surface area contributed by atoms with Gasteiger partial charge in [-0.15, -0.1) is 0 Å². The van der Waals surface area contributed by atoms with Crippen LogP contribution in [0, 0.1) is 0 Å². The molecule has 2 nitrogen and oxygen atoms in total. The molecule has 0 radical (unpaired) electrons. The van der Waals surface area contributed by atoms with Crippen LogP contribution < -0.4 is 5.73 Å². The summed E-state index contributed by atoms with van der Waals surface area (Å²) in [6, 6.07) is 0. The van der Waals surface area contributed by atoms with Crippen molar-refractivity contribution in [1.82, 2.24) is 0 Å². The SMILES string of the molecule is CC1=CCC(S)C(/C(C)=C/CC(N)=O)=C1. The van der Waals surface area contributed by atoms with E-state index in [-0.39, 0.29) is 11.2 Å². The van der Waals surface area contributed by atoms with Gasteiger partial charge in [0.05, 0.1) is 0 Å². The number of allylic oxidation sites excluding steroid dienone is 4. The molecule has 0 fully saturated rings. The van der Waals surface area contributed by atoms with E-state index in [0.29, 0.717) is 6.42 Å². The van der Waals surface area contributed by atoms with Crippen molar-refractivity contribution in [2.24, 2.45) is 5.73 Å². The molecule has 0 heterocycles. The fourth-order valence-corrected chi connectivity index (χ4v) is 1.96. The first kappa shape index (κ1) is 12.1. The van der Waals surface area contributed by atoms with Crippen molar-refractivity contribution in [1.29, 1.82) is 0 Å². The number of nitrogens with two attached hydrogens (primary N) is 1. The van der Waals surface area contributed by atoms with Gasteiger partial charge in [-0.3, -0.25) is 4.79 Å². The quantitative estimate of drug-likeness (QED) is 0.709. The maximum atomic E-state index is 10.7. The van der Waals surface area contributed by atoms with Crippen LogP contribution in [0.3, 0.4) is 0 Å². The highest BCUT2D eigenvalue weighted by Gasteiger charge is 2.14. The molecule has 1 aliphatic carbocycles. The Kier molecular flexibility index (Phi) is 4.21. The standard InChI is InChI=1S/C12H17NOS/c1-8-3-5-11(15)10(7-8)9(2)4-6-12(13)14/h3-4,7,11,15H,5-6H2,1-2H3,(H2,13,14)/b9-4+. The fourth-order valence-electron chi connectivity index (χ4n) is 1.57. The van der Waals surface area contributed by atoms with Crippen LogP contribution in [0.15, 0.2) is 34.9 Å². The number of thiol groups is 1. The molecule has 3 heteroatoms. The van der Waals surface area contributed by atoms with Gasteiger partial charge in [0.25, 0.3) is 0 Å². The molecule has 0 saturated carbocycles. The Labute approximate surface area is 96.3 Å². The van der Waals surface area contributed by atoms with Crippen molar-refractivity contribution in [2.45, 2.75) is 31.9 Å². The van der Waals surface area contributed by atoms with E-state index in [1.165, 1.54) is 11.1 Å². The zero-order valence-corrected chi connectivity index (χ0v) is 10.1. The third-order valence-corrected chi connectivity index (χ3v) is 2.96. The van der Waals surface area contributed by atoms with Crippen molar-refractivity contribution in [3.8, 4) is 0 Å². The van der Waals surface area contributed by atoms with E-state index in [9.17, 15) is 4.79 Å². The van der Waals surface area contributed by atoms with Gasteiger partial charge in [-0.2, -0.15) is 12.6 Å². The minimum atomic E-state index is -0.297. The van der Waals surface area contributed by atoms with E-state index in [1.54, 1.807) is 0 Å². The predicted molar refractivity (Wildman–Crippen MR) is 66.8 cm³/mol. The second-order valence-corrected chi connectivity index (χ2v) is 4.48. The molecule has 1 rings (SSSR count). The number of carbonyl (C=O) groups excluding carboxylic acids is 1. The summed E-state index contributed by atoms with van der Waals surface area (Å²) in [6.07, 6.45) is 7.40. The molecule has 1 amide bonds. The van der Waals surface area contributed by atoms with Gasteiger partial charge in [0.1, 0.15) is 0 Å². The van der Waals surface area contributed by atoms with Crippen molar-refractivity contribution in [2.75, 3.05) is 0 Å². The van der Waals surface area contributed by atoms with Gasteiger partial charge < -0.3 is 5.73 Å². The maximum absolute atomic E-state index is 10.7. The number of primary amides is 1. The maximum Gasteiger partial charge on any atom is 0.221 e. The first-order chi connectivity index (χ1) is 7.00. The third-order valence-electron chi connectivity index (χ3n) is 2.47. The topological polar surface area (TPSA) is 43.1 Å². The highest BCUT2D eigenvalue weighted by atomic mass is 32.1. The Morgan fingerprint density at radius 3 is 3.00 bits per heavy atom. The Bertz CT molecular complexity index is 353. The second kappa shape index (κ2) is 5.21. The first-order valence-electron chi connectivity index (χ1n) is 5.02. The van der Waals surface area contributed by atoms with Crippen LogP contribution >= 0.6 is 12.6 Å². The molecule has 0 bridgehead atoms. The normalized spacial score (nSPS) is 22.1. The lowest BCUT2D eigenvalue weighted by Gasteiger charge is -2.19. The summed E-state index contributed by atoms with van der Waals surface area (Å²) in [4.78, 5) is 10.7. The van der Waals surface area contributed by atoms with Crippen LogP contribution in [0.2, 0.25) is 0 Å². The molecular formula is C12H17NOS. The Hall–Kier alpha value is -0.960. The Morgan fingerprint density at radius 1 is 1.73 bits per heavy atom. The molecule has 0 spiro atoms. The molecule has 0 saturated heterocycles. The number of hydrogen-bond donors (Lipinski definition) is 2. The summed E-state index contributed by atoms with van der Waals surface area (Å²) in [5, 5.41) is 0.234. The lowest BCUT2D eigenvalue weighted by Crippen LogP contribution is -2.11. The largest absolute Gasteiger partial charge is 0.369 e. The van der Waals surface area contributed by atoms with E-state index in [4.69, 9.17) is 5.73 Å². The molecule has 1 atom stereocenters. The fraction of sp³-hybridized carbons (Fsp3) is 0.417. The van der Waals surface area contributed by atoms with Gasteiger partial charge in [0.2, 0.25) is 5.91 Å². The van der Waals surface area contributed by atoms with Crippen LogP contribution in [0.25, 0.3) is 0 Å². The summed E-state index contributed by atoms with van der Waals surface area (Å²) >= 11 is 4.51. The smallest absolute Gasteiger partial charge is 0.221 e. The second-order valence-electron chi connectivity index (χ2n) is 3.86. The summed E-state index contributed by atoms with van der Waals surface area (Å²) in [6.45, 7) is 4.07. The number of rotatable bonds is 3. The summed E-state index contributed by atoms with van der Waals surface area (Å²) < 4.78 is 0. The molecule has 0 aliphatic heterocycles. The average Bonchev–Trinajstić information content (AvgIpc) is 2.18. The van der Waals surface area contributed by atoms with Gasteiger partial charge in [-0.1, -0.05) is 29.4 Å². The van der Waals surface area contributed by atoms with E-state index in [2.05, 4.69) is 31.7 Å². The summed E-state index contributed by atoms with van der Waals surface area (Å²) in [5.74, 6) is -0.297. The van der Waals surface area contributed by atoms with E-state index in [0.717, 1.165) is 12.0 Å². The molecule has 2 N–H and O–H groups in total. The highest BCUT2D eigenvalue weighted by Crippen LogP contribution is 2.27. The van der Waals surface area contributed by atoms with Crippen molar-refractivity contribution in [3.63, 3.8) is 0 Å². The number of amides is 1. The molecule has 1 unspecified atom stereocenters. The first-order valence-corrected chi connectivity index (χ1v) is 5.54. The van der Waals surface area contributed by atoms with Crippen molar-refractivity contribution < 1.29 is 4.79 Å². The van der Waals surface area contributed by atoms with Crippen LogP contribution in [0.1, 0.15) is 26.7 Å². The minimum absolute atomic E-state index is 0.234. The van der Waals surface area contributed by atoms with Crippen LogP contribution in [-0.4, -0.2) is 11.2 Å². The number of hydrogen-bond acceptors (Lipinski definition) is 2. The van der Waals surface area contributed by atoms with Gasteiger partial charge in [-0.25, -0.2) is 0 Å². The van der Waals surface area contributed by atoms with Gasteiger partial charge in [-0.05, 0) is 25.8 Å². The molecule has 0 aromatic rings. The Balaban J connectivity index is 2.81. The molecule has 0 aromatic heterocycles. The predicted octanol–water partition coefficient (Wildman–Crippen LogP) is 2.38. The van der Waals surface area contributed by atoms with Crippen molar-refractivity contribution in [3.05, 3.63) is 34.9 Å². The molecule has 1 aliphatic rings. The van der Waals surface area contributed by atoms with Crippen LogP contribution in [0.4, 0.5) is 0 Å². The lowest BCUT2D eigenvalue weighted by molar-refractivity contribution is -0.117. The zero-order chi connectivity index (χ0) is 11.4. The highest BCUT2D eigenvalue weighted by molar-refractivity contribution is 7.81. The van der Waals surface area contributed by atoms with Crippen molar-refractivity contribution >= 4 is 18.5 Å². The minimum Gasteiger partial charge on any atom is -0.369 e. The van der Waals surface area contributed by atoms with Gasteiger partial charge in [0.15, 0.2) is 0 Å². The molecule has 0 aromatic carbocycles. The van der Waals surface area contributed by atoms with E-state index >= 15 is 0 Å². The molecule has 15 heavy (non-hydrogen) atoms. The van der Waals surface area contributed by atoms with Crippen LogP contribution in [-0.2, 0) is 4.79 Å². The monoisotopic (exact) mass is 223 g/mol. The third kappa shape index (κ3) is 3.59. The van der Waals surface area contributed by atoms with Gasteiger partial charge >= 0.3 is 0 Å². The van der Waals surface area contributed by atoms with E-state index < -0.39 is 0 Å². The zero-order valence-electron chi connectivity index (χ0n) is 9.16. The molecular weight excluding hydrogens is 206 g/mol. The lowest BCUT2D eigenvalue weighted by atomic mass is 9.94.